The van der Waals surface area contributed by atoms with E-state index in [1.54, 1.807) is 5.19 Å². The number of benzene rings is 1. The van der Waals surface area contributed by atoms with Gasteiger partial charge in [0.1, 0.15) is 0 Å². The fourth-order valence-electron chi connectivity index (χ4n) is 2.89. The van der Waals surface area contributed by atoms with Crippen molar-refractivity contribution in [2.45, 2.75) is 51.2 Å². The molecule has 1 aromatic carbocycles. The smallest absolute Gasteiger partial charge is 0.0843 e. The van der Waals surface area contributed by atoms with Crippen molar-refractivity contribution in [3.05, 3.63) is 42.5 Å². The van der Waals surface area contributed by atoms with Crippen LogP contribution in [0.5, 0.6) is 0 Å². The van der Waals surface area contributed by atoms with Gasteiger partial charge in [0.15, 0.2) is 0 Å². The fraction of sp³-hybridized carbons (Fsp3) is 0.529. The maximum absolute atomic E-state index is 2.51. The summed E-state index contributed by atoms with van der Waals surface area (Å²) in [4.78, 5) is 0. The zero-order valence-corrected chi connectivity index (χ0v) is 12.9. The fourth-order valence-corrected chi connectivity index (χ4v) is 4.94. The normalized spacial score (nSPS) is 18.3. The molecule has 98 valence electrons. The Hall–Kier alpha value is -0.823. The molecule has 0 heterocycles. The maximum Gasteiger partial charge on any atom is 0.0843 e. The lowest BCUT2D eigenvalue weighted by Crippen LogP contribution is -2.40. The number of allylic oxidation sites excluding steroid dienone is 2. The zero-order valence-electron chi connectivity index (χ0n) is 11.9. The predicted molar refractivity (Wildman–Crippen MR) is 84.1 cm³/mol. The highest BCUT2D eigenvalue weighted by atomic mass is 28.3. The summed E-state index contributed by atoms with van der Waals surface area (Å²) in [5.74, 6) is 0.874. The molecule has 0 saturated heterocycles. The summed E-state index contributed by atoms with van der Waals surface area (Å²) in [7, 11) is -1.25. The van der Waals surface area contributed by atoms with E-state index in [1.807, 2.05) is 0 Å². The molecule has 0 amide bonds. The zero-order chi connectivity index (χ0) is 12.8. The molecule has 0 spiro atoms. The summed E-state index contributed by atoms with van der Waals surface area (Å²) in [5.41, 5.74) is 0. The van der Waals surface area contributed by atoms with Crippen LogP contribution in [0, 0.1) is 5.92 Å². The van der Waals surface area contributed by atoms with E-state index < -0.39 is 8.07 Å². The van der Waals surface area contributed by atoms with Crippen LogP contribution in [-0.4, -0.2) is 8.07 Å². The minimum atomic E-state index is -1.25. The van der Waals surface area contributed by atoms with E-state index in [4.69, 9.17) is 0 Å². The minimum absolute atomic E-state index is 0.874. The lowest BCUT2D eigenvalue weighted by Gasteiger charge is -2.22. The van der Waals surface area contributed by atoms with Gasteiger partial charge in [-0.2, -0.15) is 0 Å². The Morgan fingerprint density at radius 2 is 1.72 bits per heavy atom. The van der Waals surface area contributed by atoms with Gasteiger partial charge in [0.2, 0.25) is 0 Å². The van der Waals surface area contributed by atoms with Crippen molar-refractivity contribution in [2.24, 2.45) is 5.92 Å². The van der Waals surface area contributed by atoms with Crippen LogP contribution in [0.2, 0.25) is 19.1 Å². The monoisotopic (exact) mass is 258 g/mol. The van der Waals surface area contributed by atoms with Crippen LogP contribution in [-0.2, 0) is 0 Å². The molecule has 0 aromatic heterocycles. The van der Waals surface area contributed by atoms with Gasteiger partial charge in [-0.25, -0.2) is 0 Å². The third-order valence-corrected chi connectivity index (χ3v) is 7.39. The Morgan fingerprint density at radius 1 is 1.06 bits per heavy atom. The average Bonchev–Trinajstić information content (AvgIpc) is 2.41. The first-order valence-corrected chi connectivity index (χ1v) is 10.6. The van der Waals surface area contributed by atoms with Crippen molar-refractivity contribution in [1.29, 1.82) is 0 Å². The molecule has 1 heteroatoms. The van der Waals surface area contributed by atoms with Gasteiger partial charge in [-0.15, -0.1) is 0 Å². The summed E-state index contributed by atoms with van der Waals surface area (Å²) >= 11 is 0. The molecule has 0 N–H and O–H groups in total. The Bertz CT molecular complexity index is 372. The molecule has 0 nitrogen and oxygen atoms in total. The average molecular weight is 258 g/mol. The summed E-state index contributed by atoms with van der Waals surface area (Å²) in [6.45, 7) is 4.96. The molecule has 0 unspecified atom stereocenters. The standard InChI is InChI=1S/C17H26Si/c1-18(2,17-13-7-4-8-14-17)15-9-12-16-10-5-3-6-11-16/h4,7-9,12-14,16H,3,5-6,10-11,15H2,1-2H3/b12-9+. The lowest BCUT2D eigenvalue weighted by atomic mass is 9.89. The molecule has 1 aromatic rings. The SMILES string of the molecule is C[Si](C)(C/C=C/C1CCCCC1)c1ccccc1. The second-order valence-corrected chi connectivity index (χ2v) is 11.0. The first kappa shape index (κ1) is 13.6. The Morgan fingerprint density at radius 3 is 2.39 bits per heavy atom. The van der Waals surface area contributed by atoms with Crippen molar-refractivity contribution in [1.82, 2.24) is 0 Å². The Kier molecular flexibility index (Phi) is 4.82. The quantitative estimate of drug-likeness (QED) is 0.540. The lowest BCUT2D eigenvalue weighted by molar-refractivity contribution is 0.419. The second kappa shape index (κ2) is 6.37. The van der Waals surface area contributed by atoms with Gasteiger partial charge in [0.25, 0.3) is 0 Å². The van der Waals surface area contributed by atoms with Crippen molar-refractivity contribution in [3.8, 4) is 0 Å². The first-order valence-electron chi connectivity index (χ1n) is 7.41. The third kappa shape index (κ3) is 3.84. The molecule has 0 radical (unpaired) electrons. The molecule has 1 aliphatic rings. The van der Waals surface area contributed by atoms with Gasteiger partial charge in [-0.3, -0.25) is 0 Å². The van der Waals surface area contributed by atoms with Crippen molar-refractivity contribution >= 4 is 13.3 Å². The molecular formula is C17H26Si. The van der Waals surface area contributed by atoms with Crippen molar-refractivity contribution < 1.29 is 0 Å². The van der Waals surface area contributed by atoms with Gasteiger partial charge in [0, 0.05) is 0 Å². The molecule has 18 heavy (non-hydrogen) atoms. The number of hydrogen-bond donors (Lipinski definition) is 0. The molecule has 1 aliphatic carbocycles. The molecule has 1 fully saturated rings. The first-order chi connectivity index (χ1) is 8.68. The predicted octanol–water partition coefficient (Wildman–Crippen LogP) is 4.74. The topological polar surface area (TPSA) is 0 Å². The summed E-state index contributed by atoms with van der Waals surface area (Å²) < 4.78 is 0. The molecule has 2 rings (SSSR count). The van der Waals surface area contributed by atoms with Crippen LogP contribution in [0.3, 0.4) is 0 Å². The van der Waals surface area contributed by atoms with E-state index in [-0.39, 0.29) is 0 Å². The highest BCUT2D eigenvalue weighted by molar-refractivity contribution is 6.90. The van der Waals surface area contributed by atoms with E-state index in [0.717, 1.165) is 5.92 Å². The highest BCUT2D eigenvalue weighted by Crippen LogP contribution is 2.25. The van der Waals surface area contributed by atoms with Crippen LogP contribution in [0.25, 0.3) is 0 Å². The van der Waals surface area contributed by atoms with Gasteiger partial charge in [-0.1, -0.05) is 80.0 Å². The summed E-state index contributed by atoms with van der Waals surface area (Å²) in [6, 6.07) is 12.4. The van der Waals surface area contributed by atoms with Gasteiger partial charge in [-0.05, 0) is 24.8 Å². The van der Waals surface area contributed by atoms with E-state index in [2.05, 4.69) is 55.6 Å². The van der Waals surface area contributed by atoms with E-state index in [1.165, 1.54) is 38.1 Å². The summed E-state index contributed by atoms with van der Waals surface area (Å²) in [5, 5.41) is 1.58. The van der Waals surface area contributed by atoms with Crippen LogP contribution in [0.1, 0.15) is 32.1 Å². The largest absolute Gasteiger partial charge is 0.0906 e. The van der Waals surface area contributed by atoms with E-state index in [9.17, 15) is 0 Å². The van der Waals surface area contributed by atoms with E-state index in [0.29, 0.717) is 0 Å². The van der Waals surface area contributed by atoms with Crippen LogP contribution < -0.4 is 5.19 Å². The van der Waals surface area contributed by atoms with Gasteiger partial charge < -0.3 is 0 Å². The Balaban J connectivity index is 1.90. The summed E-state index contributed by atoms with van der Waals surface area (Å²) in [6.07, 6.45) is 12.2. The minimum Gasteiger partial charge on any atom is -0.0906 e. The molecule has 1 saturated carbocycles. The van der Waals surface area contributed by atoms with Crippen LogP contribution in [0.4, 0.5) is 0 Å². The molecule has 0 bridgehead atoms. The van der Waals surface area contributed by atoms with E-state index >= 15 is 0 Å². The van der Waals surface area contributed by atoms with Crippen molar-refractivity contribution in [2.75, 3.05) is 0 Å². The molecular weight excluding hydrogens is 232 g/mol. The number of rotatable bonds is 4. The van der Waals surface area contributed by atoms with Gasteiger partial charge >= 0.3 is 0 Å². The maximum atomic E-state index is 2.51. The third-order valence-electron chi connectivity index (χ3n) is 4.24. The number of hydrogen-bond acceptors (Lipinski definition) is 0. The second-order valence-electron chi connectivity index (χ2n) is 6.28. The van der Waals surface area contributed by atoms with Gasteiger partial charge in [0.05, 0.1) is 8.07 Å². The Labute approximate surface area is 113 Å². The highest BCUT2D eigenvalue weighted by Gasteiger charge is 2.21. The molecule has 0 aliphatic heterocycles. The van der Waals surface area contributed by atoms with Crippen LogP contribution >= 0.6 is 0 Å². The van der Waals surface area contributed by atoms with Crippen molar-refractivity contribution in [3.63, 3.8) is 0 Å². The van der Waals surface area contributed by atoms with Crippen LogP contribution in [0.15, 0.2) is 42.5 Å². The molecule has 0 atom stereocenters.